The third-order valence-electron chi connectivity index (χ3n) is 5.58. The van der Waals surface area contributed by atoms with Gasteiger partial charge in [0, 0.05) is 9.13 Å². The van der Waals surface area contributed by atoms with Gasteiger partial charge in [-0.05, 0) is 68.1 Å². The Balaban J connectivity index is 1.75. The highest BCUT2D eigenvalue weighted by molar-refractivity contribution is 7.32. The van der Waals surface area contributed by atoms with E-state index in [-0.39, 0.29) is 0 Å². The molecule has 8 heteroatoms. The Morgan fingerprint density at radius 3 is 1.03 bits per heavy atom. The van der Waals surface area contributed by atoms with Crippen LogP contribution in [0.1, 0.15) is 0 Å². The summed E-state index contributed by atoms with van der Waals surface area (Å²) >= 11 is 0. The van der Waals surface area contributed by atoms with Gasteiger partial charge >= 0.3 is 16.5 Å². The van der Waals surface area contributed by atoms with E-state index < -0.39 is 16.5 Å². The van der Waals surface area contributed by atoms with Gasteiger partial charge in [-0.3, -0.25) is 0 Å². The maximum absolute atomic E-state index is 11.0. The molecular formula is C26H18O6P2+2. The SMILES string of the molecule is O=[P+](O)Oc1ccc(-c2c3ccccc3c(-c3ccc(O[P+](=O)O)cc3)c3ccccc23)cc1. The molecule has 0 fully saturated rings. The second-order valence-corrected chi connectivity index (χ2v) is 8.86. The zero-order valence-electron chi connectivity index (χ0n) is 17.7. The molecule has 0 spiro atoms. The van der Waals surface area contributed by atoms with Gasteiger partial charge in [0.1, 0.15) is 0 Å². The van der Waals surface area contributed by atoms with Gasteiger partial charge in [0.25, 0.3) is 0 Å². The largest absolute Gasteiger partial charge is 0.747 e. The van der Waals surface area contributed by atoms with Crippen molar-refractivity contribution in [1.29, 1.82) is 0 Å². The highest BCUT2D eigenvalue weighted by atomic mass is 31.1. The van der Waals surface area contributed by atoms with Gasteiger partial charge in [0.2, 0.25) is 0 Å². The number of fused-ring (bicyclic) bond motifs is 2. The average molecular weight is 488 g/mol. The van der Waals surface area contributed by atoms with Crippen LogP contribution >= 0.6 is 16.5 Å². The van der Waals surface area contributed by atoms with Crippen molar-refractivity contribution in [1.82, 2.24) is 0 Å². The summed E-state index contributed by atoms with van der Waals surface area (Å²) in [5.41, 5.74) is 4.00. The maximum Gasteiger partial charge on any atom is 0.747 e. The van der Waals surface area contributed by atoms with Gasteiger partial charge in [-0.1, -0.05) is 72.8 Å². The molecule has 166 valence electrons. The Morgan fingerprint density at radius 2 is 0.765 bits per heavy atom. The maximum atomic E-state index is 11.0. The summed E-state index contributed by atoms with van der Waals surface area (Å²) in [5, 5.41) is 4.21. The lowest BCUT2D eigenvalue weighted by molar-refractivity contribution is 0.409. The summed E-state index contributed by atoms with van der Waals surface area (Å²) in [7, 11) is -5.45. The summed E-state index contributed by atoms with van der Waals surface area (Å²) in [6, 6.07) is 30.5. The van der Waals surface area contributed by atoms with Crippen molar-refractivity contribution in [3.63, 3.8) is 0 Å². The predicted octanol–water partition coefficient (Wildman–Crippen LogP) is 7.38. The van der Waals surface area contributed by atoms with E-state index in [1.807, 2.05) is 48.5 Å². The standard InChI is InChI=1S/C26H16O6P2/c27-33(28)31-19-13-9-17(10-14-19)25-21-5-1-2-6-22(21)26(24-8-4-3-7-23(24)25)18-11-15-20(16-12-18)32-34(29)30/h1-16H/p+2. The average Bonchev–Trinajstić information content (AvgIpc) is 2.83. The molecule has 0 amide bonds. The van der Waals surface area contributed by atoms with E-state index in [0.29, 0.717) is 11.5 Å². The summed E-state index contributed by atoms with van der Waals surface area (Å²) in [4.78, 5) is 18.1. The molecule has 0 aliphatic rings. The number of benzene rings is 5. The number of hydrogen-bond acceptors (Lipinski definition) is 4. The van der Waals surface area contributed by atoms with Crippen molar-refractivity contribution >= 4 is 38.1 Å². The smallest absolute Gasteiger partial charge is 0.229 e. The number of hydrogen-bond donors (Lipinski definition) is 2. The fourth-order valence-electron chi connectivity index (χ4n) is 4.30. The molecule has 2 N–H and O–H groups in total. The fourth-order valence-corrected chi connectivity index (χ4v) is 4.90. The van der Waals surface area contributed by atoms with E-state index in [2.05, 4.69) is 24.3 Å². The molecule has 0 saturated heterocycles. The molecule has 2 unspecified atom stereocenters. The van der Waals surface area contributed by atoms with E-state index in [9.17, 15) is 9.13 Å². The third kappa shape index (κ3) is 4.28. The van der Waals surface area contributed by atoms with Gasteiger partial charge in [0.05, 0.1) is 0 Å². The summed E-state index contributed by atoms with van der Waals surface area (Å²) < 4.78 is 31.8. The van der Waals surface area contributed by atoms with Crippen molar-refractivity contribution in [2.45, 2.75) is 0 Å². The first-order valence-corrected chi connectivity index (χ1v) is 12.6. The molecule has 5 aromatic rings. The summed E-state index contributed by atoms with van der Waals surface area (Å²) in [6.45, 7) is 0. The molecule has 0 saturated carbocycles. The zero-order valence-corrected chi connectivity index (χ0v) is 19.4. The van der Waals surface area contributed by atoms with E-state index in [1.165, 1.54) is 0 Å². The number of rotatable bonds is 6. The van der Waals surface area contributed by atoms with Crippen molar-refractivity contribution < 1.29 is 28.0 Å². The van der Waals surface area contributed by atoms with E-state index in [0.717, 1.165) is 43.8 Å². The summed E-state index contributed by atoms with van der Waals surface area (Å²) in [6.07, 6.45) is 0. The van der Waals surface area contributed by atoms with E-state index in [4.69, 9.17) is 18.8 Å². The van der Waals surface area contributed by atoms with Crippen LogP contribution in [-0.2, 0) is 9.13 Å². The Morgan fingerprint density at radius 1 is 0.471 bits per heavy atom. The third-order valence-corrected chi connectivity index (χ3v) is 6.32. The van der Waals surface area contributed by atoms with E-state index >= 15 is 0 Å². The highest BCUT2D eigenvalue weighted by Gasteiger charge is 2.19. The van der Waals surface area contributed by atoms with Crippen LogP contribution in [0, 0.1) is 0 Å². The van der Waals surface area contributed by atoms with Gasteiger partial charge in [-0.2, -0.15) is 0 Å². The van der Waals surface area contributed by atoms with Crippen LogP contribution in [0.2, 0.25) is 0 Å². The van der Waals surface area contributed by atoms with Crippen LogP contribution in [-0.4, -0.2) is 9.79 Å². The lowest BCUT2D eigenvalue weighted by atomic mass is 9.86. The first kappa shape index (κ1) is 22.1. The van der Waals surface area contributed by atoms with Crippen molar-refractivity contribution in [3.8, 4) is 33.8 Å². The topological polar surface area (TPSA) is 93.1 Å². The monoisotopic (exact) mass is 488 g/mol. The molecule has 0 bridgehead atoms. The fraction of sp³-hybridized carbons (Fsp3) is 0. The van der Waals surface area contributed by atoms with Crippen molar-refractivity contribution in [3.05, 3.63) is 97.1 Å². The quantitative estimate of drug-likeness (QED) is 0.191. The molecule has 34 heavy (non-hydrogen) atoms. The Labute approximate surface area is 196 Å². The second kappa shape index (κ2) is 9.30. The lowest BCUT2D eigenvalue weighted by Crippen LogP contribution is -1.91. The van der Waals surface area contributed by atoms with Gasteiger partial charge < -0.3 is 0 Å². The Bertz CT molecular complexity index is 1370. The minimum absolute atomic E-state index is 0.324. The Hall–Kier alpha value is -3.66. The first-order valence-electron chi connectivity index (χ1n) is 10.3. The minimum atomic E-state index is -2.72. The van der Waals surface area contributed by atoms with Crippen LogP contribution in [0.4, 0.5) is 0 Å². The van der Waals surface area contributed by atoms with Gasteiger partial charge in [0.15, 0.2) is 11.5 Å². The Kier molecular flexibility index (Phi) is 6.06. The lowest BCUT2D eigenvalue weighted by Gasteiger charge is -2.17. The minimum Gasteiger partial charge on any atom is -0.229 e. The molecule has 0 radical (unpaired) electrons. The highest BCUT2D eigenvalue weighted by Crippen LogP contribution is 2.44. The van der Waals surface area contributed by atoms with Gasteiger partial charge in [-0.15, -0.1) is 9.79 Å². The normalized spacial score (nSPS) is 11.9. The predicted molar refractivity (Wildman–Crippen MR) is 133 cm³/mol. The molecule has 0 aliphatic heterocycles. The molecule has 0 aliphatic carbocycles. The van der Waals surface area contributed by atoms with Crippen molar-refractivity contribution in [2.75, 3.05) is 0 Å². The van der Waals surface area contributed by atoms with Gasteiger partial charge in [-0.25, -0.2) is 9.05 Å². The molecule has 0 heterocycles. The molecule has 5 aromatic carbocycles. The van der Waals surface area contributed by atoms with E-state index in [1.54, 1.807) is 24.3 Å². The van der Waals surface area contributed by atoms with Crippen LogP contribution in [0.15, 0.2) is 97.1 Å². The molecular weight excluding hydrogens is 470 g/mol. The van der Waals surface area contributed by atoms with Crippen LogP contribution in [0.5, 0.6) is 11.5 Å². The molecule has 6 nitrogen and oxygen atoms in total. The molecule has 5 rings (SSSR count). The summed E-state index contributed by atoms with van der Waals surface area (Å²) in [5.74, 6) is 0.647. The molecule has 2 atom stereocenters. The van der Waals surface area contributed by atoms with Crippen LogP contribution in [0.3, 0.4) is 0 Å². The van der Waals surface area contributed by atoms with Crippen molar-refractivity contribution in [2.24, 2.45) is 0 Å². The first-order chi connectivity index (χ1) is 16.5. The zero-order chi connectivity index (χ0) is 23.7. The van der Waals surface area contributed by atoms with Crippen LogP contribution < -0.4 is 9.05 Å². The van der Waals surface area contributed by atoms with Crippen LogP contribution in [0.25, 0.3) is 43.8 Å². The second-order valence-electron chi connectivity index (χ2n) is 7.55. The molecule has 0 aromatic heterocycles.